The van der Waals surface area contributed by atoms with E-state index in [0.29, 0.717) is 5.16 Å². The Bertz CT molecular complexity index is 958. The first-order valence-corrected chi connectivity index (χ1v) is 10.2. The molecule has 0 radical (unpaired) electrons. The molecule has 0 aliphatic carbocycles. The van der Waals surface area contributed by atoms with Gasteiger partial charge in [0.15, 0.2) is 11.0 Å². The topological polar surface area (TPSA) is 69.0 Å². The number of hydrogen-bond acceptors (Lipinski definition) is 5. The molecule has 1 amide bonds. The minimum atomic E-state index is -0.160. The fourth-order valence-corrected chi connectivity index (χ4v) is 4.37. The quantitative estimate of drug-likeness (QED) is 0.715. The SMILES string of the molecule is COc1cccc(-c2nnc(SC3CCCCNC3=O)n2-c2ccccc2)c1. The van der Waals surface area contributed by atoms with Crippen molar-refractivity contribution in [3.05, 3.63) is 54.6 Å². The third-order valence-electron chi connectivity index (χ3n) is 4.71. The largest absolute Gasteiger partial charge is 0.497 e. The number of carbonyl (C=O) groups excluding carboxylic acids is 1. The predicted octanol–water partition coefficient (Wildman–Crippen LogP) is 3.70. The van der Waals surface area contributed by atoms with Crippen LogP contribution in [0.3, 0.4) is 0 Å². The molecule has 3 aromatic rings. The standard InChI is InChI=1S/C21H22N4O2S/c1-27-17-11-7-8-15(14-17)19-23-24-21(25(19)16-9-3-2-4-10-16)28-18-12-5-6-13-22-20(18)26/h2-4,7-11,14,18H,5-6,12-13H2,1H3,(H,22,26). The van der Waals surface area contributed by atoms with Crippen molar-refractivity contribution in [1.29, 1.82) is 0 Å². The van der Waals surface area contributed by atoms with Crippen molar-refractivity contribution < 1.29 is 9.53 Å². The molecule has 1 aromatic heterocycles. The third kappa shape index (κ3) is 3.89. The zero-order valence-corrected chi connectivity index (χ0v) is 16.5. The van der Waals surface area contributed by atoms with Crippen molar-refractivity contribution in [3.63, 3.8) is 0 Å². The van der Waals surface area contributed by atoms with Crippen LogP contribution in [0.25, 0.3) is 17.1 Å². The van der Waals surface area contributed by atoms with Crippen LogP contribution in [0.1, 0.15) is 19.3 Å². The lowest BCUT2D eigenvalue weighted by molar-refractivity contribution is -0.120. The van der Waals surface area contributed by atoms with Crippen molar-refractivity contribution >= 4 is 17.7 Å². The predicted molar refractivity (Wildman–Crippen MR) is 110 cm³/mol. The summed E-state index contributed by atoms with van der Waals surface area (Å²) in [6, 6.07) is 17.7. The molecule has 0 spiro atoms. The van der Waals surface area contributed by atoms with Gasteiger partial charge in [-0.05, 0) is 37.1 Å². The van der Waals surface area contributed by atoms with Gasteiger partial charge in [-0.3, -0.25) is 9.36 Å². The van der Waals surface area contributed by atoms with Gasteiger partial charge in [-0.15, -0.1) is 10.2 Å². The number of methoxy groups -OCH3 is 1. The lowest BCUT2D eigenvalue weighted by Gasteiger charge is -2.14. The smallest absolute Gasteiger partial charge is 0.233 e. The molecule has 6 nitrogen and oxygen atoms in total. The van der Waals surface area contributed by atoms with Crippen LogP contribution < -0.4 is 10.1 Å². The van der Waals surface area contributed by atoms with E-state index in [1.54, 1.807) is 7.11 Å². The highest BCUT2D eigenvalue weighted by molar-refractivity contribution is 8.00. The van der Waals surface area contributed by atoms with Crippen molar-refractivity contribution in [1.82, 2.24) is 20.1 Å². The number of ether oxygens (including phenoxy) is 1. The monoisotopic (exact) mass is 394 g/mol. The van der Waals surface area contributed by atoms with Gasteiger partial charge in [-0.2, -0.15) is 0 Å². The highest BCUT2D eigenvalue weighted by atomic mass is 32.2. The van der Waals surface area contributed by atoms with Gasteiger partial charge in [0.2, 0.25) is 5.91 Å². The summed E-state index contributed by atoms with van der Waals surface area (Å²) in [4.78, 5) is 12.4. The van der Waals surface area contributed by atoms with Crippen LogP contribution >= 0.6 is 11.8 Å². The fourth-order valence-electron chi connectivity index (χ4n) is 3.26. The molecule has 144 valence electrons. The molecule has 7 heteroatoms. The van der Waals surface area contributed by atoms with Gasteiger partial charge in [0.1, 0.15) is 5.75 Å². The van der Waals surface area contributed by atoms with E-state index in [0.717, 1.165) is 48.6 Å². The van der Waals surface area contributed by atoms with Crippen LogP contribution in [0.5, 0.6) is 5.75 Å². The van der Waals surface area contributed by atoms with Gasteiger partial charge in [-0.1, -0.05) is 48.5 Å². The molecule has 1 fully saturated rings. The number of rotatable bonds is 5. The summed E-state index contributed by atoms with van der Waals surface area (Å²) in [5.41, 5.74) is 1.87. The van der Waals surface area contributed by atoms with E-state index in [-0.39, 0.29) is 11.2 Å². The van der Waals surface area contributed by atoms with Crippen LogP contribution in [-0.2, 0) is 4.79 Å². The highest BCUT2D eigenvalue weighted by Crippen LogP contribution is 2.33. The summed E-state index contributed by atoms with van der Waals surface area (Å²) in [6.45, 7) is 0.746. The number of hydrogen-bond donors (Lipinski definition) is 1. The summed E-state index contributed by atoms with van der Waals surface area (Å²) in [6.07, 6.45) is 2.88. The molecule has 28 heavy (non-hydrogen) atoms. The Morgan fingerprint density at radius 3 is 2.79 bits per heavy atom. The molecule has 1 unspecified atom stereocenters. The van der Waals surface area contributed by atoms with Crippen molar-refractivity contribution in [2.75, 3.05) is 13.7 Å². The zero-order valence-electron chi connectivity index (χ0n) is 15.7. The van der Waals surface area contributed by atoms with E-state index < -0.39 is 0 Å². The number of aromatic nitrogens is 3. The molecule has 1 aliphatic heterocycles. The molecule has 2 heterocycles. The molecule has 4 rings (SSSR count). The number of benzene rings is 2. The number of nitrogens with one attached hydrogen (secondary N) is 1. The van der Waals surface area contributed by atoms with E-state index in [4.69, 9.17) is 4.74 Å². The van der Waals surface area contributed by atoms with Crippen LogP contribution in [0.4, 0.5) is 0 Å². The van der Waals surface area contributed by atoms with Crippen molar-refractivity contribution in [2.45, 2.75) is 29.7 Å². The number of carbonyl (C=O) groups is 1. The first-order chi connectivity index (χ1) is 13.8. The fraction of sp³-hybridized carbons (Fsp3) is 0.286. The van der Waals surface area contributed by atoms with Crippen LogP contribution in [-0.4, -0.2) is 39.6 Å². The van der Waals surface area contributed by atoms with E-state index in [1.807, 2.05) is 59.2 Å². The maximum atomic E-state index is 12.4. The zero-order chi connectivity index (χ0) is 19.3. The molecule has 1 N–H and O–H groups in total. The number of amides is 1. The summed E-state index contributed by atoms with van der Waals surface area (Å²) in [5, 5.41) is 12.4. The summed E-state index contributed by atoms with van der Waals surface area (Å²) < 4.78 is 7.37. The molecule has 1 aliphatic rings. The van der Waals surface area contributed by atoms with E-state index in [9.17, 15) is 4.79 Å². The molecular formula is C21H22N4O2S. The Morgan fingerprint density at radius 2 is 1.96 bits per heavy atom. The van der Waals surface area contributed by atoms with Crippen LogP contribution in [0.2, 0.25) is 0 Å². The minimum absolute atomic E-state index is 0.0769. The second-order valence-electron chi connectivity index (χ2n) is 6.60. The second kappa shape index (κ2) is 8.48. The van der Waals surface area contributed by atoms with Crippen molar-refractivity contribution in [3.8, 4) is 22.8 Å². The molecule has 0 bridgehead atoms. The van der Waals surface area contributed by atoms with E-state index in [2.05, 4.69) is 15.5 Å². The lowest BCUT2D eigenvalue weighted by Crippen LogP contribution is -2.30. The Hall–Kier alpha value is -2.80. The minimum Gasteiger partial charge on any atom is -0.497 e. The van der Waals surface area contributed by atoms with E-state index in [1.165, 1.54) is 11.8 Å². The summed E-state index contributed by atoms with van der Waals surface area (Å²) >= 11 is 1.48. The Labute approximate surface area is 168 Å². The average Bonchev–Trinajstić information content (AvgIpc) is 3.05. The van der Waals surface area contributed by atoms with Gasteiger partial charge in [0, 0.05) is 17.8 Å². The number of nitrogens with zero attached hydrogens (tertiary/aromatic N) is 3. The van der Waals surface area contributed by atoms with Gasteiger partial charge in [0.25, 0.3) is 0 Å². The first-order valence-electron chi connectivity index (χ1n) is 9.36. The highest BCUT2D eigenvalue weighted by Gasteiger charge is 2.26. The molecule has 1 saturated heterocycles. The third-order valence-corrected chi connectivity index (χ3v) is 5.92. The first kappa shape index (κ1) is 18.6. The maximum Gasteiger partial charge on any atom is 0.233 e. The Balaban J connectivity index is 1.76. The average molecular weight is 394 g/mol. The summed E-state index contributed by atoms with van der Waals surface area (Å²) in [5.74, 6) is 1.56. The lowest BCUT2D eigenvalue weighted by atomic mass is 10.2. The van der Waals surface area contributed by atoms with Crippen molar-refractivity contribution in [2.24, 2.45) is 0 Å². The maximum absolute atomic E-state index is 12.4. The van der Waals surface area contributed by atoms with Gasteiger partial charge in [0.05, 0.1) is 12.4 Å². The van der Waals surface area contributed by atoms with Gasteiger partial charge in [-0.25, -0.2) is 0 Å². The van der Waals surface area contributed by atoms with E-state index >= 15 is 0 Å². The summed E-state index contributed by atoms with van der Waals surface area (Å²) in [7, 11) is 1.65. The Kier molecular flexibility index (Phi) is 5.62. The molecule has 1 atom stereocenters. The Morgan fingerprint density at radius 1 is 1.11 bits per heavy atom. The van der Waals surface area contributed by atoms with Gasteiger partial charge < -0.3 is 10.1 Å². The number of para-hydroxylation sites is 1. The van der Waals surface area contributed by atoms with Crippen LogP contribution in [0.15, 0.2) is 59.8 Å². The second-order valence-corrected chi connectivity index (χ2v) is 7.77. The molecular weight excluding hydrogens is 372 g/mol. The molecule has 2 aromatic carbocycles. The normalized spacial score (nSPS) is 17.0. The molecule has 0 saturated carbocycles. The van der Waals surface area contributed by atoms with Crippen LogP contribution in [0, 0.1) is 0 Å². The number of thioether (sulfide) groups is 1. The van der Waals surface area contributed by atoms with Gasteiger partial charge >= 0.3 is 0 Å².